The summed E-state index contributed by atoms with van der Waals surface area (Å²) in [5, 5.41) is 6.91. The molecular weight excluding hydrogens is 200 g/mol. The van der Waals surface area contributed by atoms with Crippen LogP contribution in [0.25, 0.3) is 0 Å². The molecule has 0 aromatic carbocycles. The number of hydrogen-bond acceptors (Lipinski definition) is 3. The van der Waals surface area contributed by atoms with Crippen molar-refractivity contribution >= 4 is 5.95 Å². The minimum atomic E-state index is 0.720. The van der Waals surface area contributed by atoms with Gasteiger partial charge in [0.25, 0.3) is 0 Å². The number of hydrogen-bond donors (Lipinski definition) is 2. The largest absolute Gasteiger partial charge is 0.355 e. The van der Waals surface area contributed by atoms with Gasteiger partial charge < -0.3 is 15.2 Å². The number of nitrogens with one attached hydrogen (secondary N) is 2. The lowest BCUT2D eigenvalue weighted by molar-refractivity contribution is 0.389. The number of imidazole rings is 1. The Morgan fingerprint density at radius 2 is 2.12 bits per heavy atom. The van der Waals surface area contributed by atoms with Crippen molar-refractivity contribution in [3.8, 4) is 0 Å². The van der Waals surface area contributed by atoms with Gasteiger partial charge in [-0.3, -0.25) is 0 Å². The molecule has 2 N–H and O–H groups in total. The number of anilines is 1. The summed E-state index contributed by atoms with van der Waals surface area (Å²) in [7, 11) is 0. The van der Waals surface area contributed by atoms with Crippen LogP contribution in [0.2, 0.25) is 0 Å². The first-order valence-electron chi connectivity index (χ1n) is 6.41. The van der Waals surface area contributed by atoms with E-state index in [2.05, 4.69) is 26.4 Å². The third kappa shape index (κ3) is 2.21. The molecule has 0 spiro atoms. The van der Waals surface area contributed by atoms with Gasteiger partial charge in [-0.2, -0.15) is 0 Å². The van der Waals surface area contributed by atoms with Gasteiger partial charge in [-0.25, -0.2) is 4.98 Å². The van der Waals surface area contributed by atoms with Crippen molar-refractivity contribution in [3.05, 3.63) is 12.4 Å². The fraction of sp³-hybridized carbons (Fsp3) is 0.750. The molecule has 1 aromatic rings. The van der Waals surface area contributed by atoms with Gasteiger partial charge in [0.1, 0.15) is 0 Å². The molecule has 4 nitrogen and oxygen atoms in total. The molecule has 1 saturated heterocycles. The van der Waals surface area contributed by atoms with Crippen molar-refractivity contribution in [3.63, 3.8) is 0 Å². The smallest absolute Gasteiger partial charge is 0.203 e. The van der Waals surface area contributed by atoms with E-state index in [1.54, 1.807) is 0 Å². The highest BCUT2D eigenvalue weighted by molar-refractivity contribution is 5.27. The summed E-state index contributed by atoms with van der Waals surface area (Å²) < 4.78 is 2.29. The second kappa shape index (κ2) is 4.45. The van der Waals surface area contributed by atoms with Crippen molar-refractivity contribution in [2.45, 2.75) is 31.7 Å². The van der Waals surface area contributed by atoms with Crippen LogP contribution in [0.4, 0.5) is 5.95 Å². The summed E-state index contributed by atoms with van der Waals surface area (Å²) in [4.78, 5) is 4.40. The number of rotatable bonds is 4. The molecule has 0 unspecified atom stereocenters. The Morgan fingerprint density at radius 3 is 2.88 bits per heavy atom. The van der Waals surface area contributed by atoms with Crippen LogP contribution in [0.5, 0.6) is 0 Å². The molecule has 0 atom stereocenters. The minimum Gasteiger partial charge on any atom is -0.355 e. The monoisotopic (exact) mass is 220 g/mol. The molecule has 2 aliphatic rings. The summed E-state index contributed by atoms with van der Waals surface area (Å²) in [6.45, 7) is 3.41. The number of nitrogens with zero attached hydrogens (tertiary/aromatic N) is 2. The first-order valence-corrected chi connectivity index (χ1v) is 6.41. The Morgan fingerprint density at radius 1 is 1.31 bits per heavy atom. The molecular formula is C12H20N4. The predicted octanol–water partition coefficient (Wildman–Crippen LogP) is 1.63. The van der Waals surface area contributed by atoms with Crippen LogP contribution in [0.15, 0.2) is 12.4 Å². The van der Waals surface area contributed by atoms with E-state index in [0.29, 0.717) is 0 Å². The van der Waals surface area contributed by atoms with Crippen molar-refractivity contribution < 1.29 is 0 Å². The molecule has 0 radical (unpaired) electrons. The van der Waals surface area contributed by atoms with Gasteiger partial charge in [-0.05, 0) is 44.7 Å². The van der Waals surface area contributed by atoms with Crippen molar-refractivity contribution in [1.82, 2.24) is 14.9 Å². The average molecular weight is 220 g/mol. The van der Waals surface area contributed by atoms with Gasteiger partial charge in [-0.15, -0.1) is 0 Å². The number of aromatic nitrogens is 2. The maximum atomic E-state index is 4.40. The topological polar surface area (TPSA) is 41.9 Å². The third-order valence-electron chi connectivity index (χ3n) is 3.62. The van der Waals surface area contributed by atoms with Crippen LogP contribution in [0, 0.1) is 5.92 Å². The van der Waals surface area contributed by atoms with Crippen molar-refractivity contribution in [2.24, 2.45) is 5.92 Å². The summed E-state index contributed by atoms with van der Waals surface area (Å²) in [5.74, 6) is 1.88. The molecule has 88 valence electrons. The van der Waals surface area contributed by atoms with Crippen LogP contribution in [-0.2, 0) is 0 Å². The molecule has 2 fully saturated rings. The van der Waals surface area contributed by atoms with Crippen LogP contribution in [-0.4, -0.2) is 29.2 Å². The Hall–Kier alpha value is -1.03. The molecule has 1 aliphatic carbocycles. The zero-order chi connectivity index (χ0) is 10.8. The van der Waals surface area contributed by atoms with Crippen molar-refractivity contribution in [2.75, 3.05) is 25.0 Å². The van der Waals surface area contributed by atoms with Crippen LogP contribution in [0.3, 0.4) is 0 Å². The third-order valence-corrected chi connectivity index (χ3v) is 3.62. The fourth-order valence-corrected chi connectivity index (χ4v) is 2.42. The lowest BCUT2D eigenvalue weighted by atomic mass is 9.98. The Kier molecular flexibility index (Phi) is 2.82. The first-order chi connectivity index (χ1) is 7.93. The second-order valence-electron chi connectivity index (χ2n) is 4.96. The highest BCUT2D eigenvalue weighted by Gasteiger charge is 2.25. The summed E-state index contributed by atoms with van der Waals surface area (Å²) >= 11 is 0. The Balaban J connectivity index is 1.54. The van der Waals surface area contributed by atoms with Gasteiger partial charge in [0.15, 0.2) is 0 Å². The highest BCUT2D eigenvalue weighted by atomic mass is 15.2. The van der Waals surface area contributed by atoms with Crippen LogP contribution < -0.4 is 10.6 Å². The van der Waals surface area contributed by atoms with E-state index < -0.39 is 0 Å². The normalized spacial score (nSPS) is 22.2. The summed E-state index contributed by atoms with van der Waals surface area (Å²) in [5.41, 5.74) is 0. The molecule has 0 amide bonds. The quantitative estimate of drug-likeness (QED) is 0.810. The van der Waals surface area contributed by atoms with Gasteiger partial charge >= 0.3 is 0 Å². The molecule has 2 heterocycles. The summed E-state index contributed by atoms with van der Waals surface area (Å²) in [6, 6.07) is 0.720. The van der Waals surface area contributed by atoms with E-state index in [0.717, 1.165) is 24.5 Å². The van der Waals surface area contributed by atoms with Gasteiger partial charge in [0.05, 0.1) is 0 Å². The minimum absolute atomic E-state index is 0.720. The Bertz CT molecular complexity index is 337. The maximum absolute atomic E-state index is 4.40. The van der Waals surface area contributed by atoms with Gasteiger partial charge in [0, 0.05) is 25.0 Å². The molecule has 3 rings (SSSR count). The SMILES string of the molecule is c1cn(C2CC2)c(NCC2CCNCC2)n1. The van der Waals surface area contributed by atoms with Gasteiger partial charge in [-0.1, -0.05) is 0 Å². The van der Waals surface area contributed by atoms with E-state index in [4.69, 9.17) is 0 Å². The van der Waals surface area contributed by atoms with Crippen LogP contribution in [0.1, 0.15) is 31.7 Å². The maximum Gasteiger partial charge on any atom is 0.203 e. The molecule has 1 aromatic heterocycles. The first kappa shape index (κ1) is 10.1. The lowest BCUT2D eigenvalue weighted by Crippen LogP contribution is -2.31. The van der Waals surface area contributed by atoms with E-state index in [1.807, 2.05) is 6.20 Å². The predicted molar refractivity (Wildman–Crippen MR) is 64.6 cm³/mol. The molecule has 1 aliphatic heterocycles. The molecule has 1 saturated carbocycles. The lowest BCUT2D eigenvalue weighted by Gasteiger charge is -2.23. The van der Waals surface area contributed by atoms with Gasteiger partial charge in [0.2, 0.25) is 5.95 Å². The highest BCUT2D eigenvalue weighted by Crippen LogP contribution is 2.36. The molecule has 16 heavy (non-hydrogen) atoms. The van der Waals surface area contributed by atoms with Crippen molar-refractivity contribution in [1.29, 1.82) is 0 Å². The zero-order valence-corrected chi connectivity index (χ0v) is 9.65. The number of piperidine rings is 1. The second-order valence-corrected chi connectivity index (χ2v) is 4.96. The standard InChI is InChI=1S/C12H20N4/c1-2-11(1)16-8-7-14-12(16)15-9-10-3-5-13-6-4-10/h7-8,10-11,13H,1-6,9H2,(H,14,15). The molecule has 0 bridgehead atoms. The Labute approximate surface area is 96.4 Å². The summed E-state index contributed by atoms with van der Waals surface area (Å²) in [6.07, 6.45) is 9.22. The van der Waals surface area contributed by atoms with E-state index in [1.165, 1.54) is 38.8 Å². The average Bonchev–Trinajstić information content (AvgIpc) is 3.07. The van der Waals surface area contributed by atoms with E-state index >= 15 is 0 Å². The van der Waals surface area contributed by atoms with E-state index in [-0.39, 0.29) is 0 Å². The zero-order valence-electron chi connectivity index (χ0n) is 9.65. The fourth-order valence-electron chi connectivity index (χ4n) is 2.42. The van der Waals surface area contributed by atoms with E-state index in [9.17, 15) is 0 Å². The van der Waals surface area contributed by atoms with Crippen LogP contribution >= 0.6 is 0 Å². The molecule has 4 heteroatoms.